The van der Waals surface area contributed by atoms with Crippen molar-refractivity contribution in [2.24, 2.45) is 0 Å². The fraction of sp³-hybridized carbons (Fsp3) is 0.263. The van der Waals surface area contributed by atoms with Crippen LogP contribution in [0.15, 0.2) is 39.7 Å². The minimum atomic E-state index is -3.68. The third-order valence-corrected chi connectivity index (χ3v) is 6.61. The molecule has 2 aromatic rings. The van der Waals surface area contributed by atoms with Crippen LogP contribution in [0, 0.1) is 6.92 Å². The van der Waals surface area contributed by atoms with Crippen molar-refractivity contribution < 1.29 is 32.6 Å². The van der Waals surface area contributed by atoms with Gasteiger partial charge in [0.1, 0.15) is 0 Å². The molecule has 2 aromatic carbocycles. The number of sulfonamides is 1. The Bertz CT molecular complexity index is 1080. The van der Waals surface area contributed by atoms with Crippen LogP contribution in [-0.4, -0.2) is 57.5 Å². The van der Waals surface area contributed by atoms with Gasteiger partial charge < -0.3 is 19.9 Å². The molecule has 0 fully saturated rings. The second-order valence-corrected chi connectivity index (χ2v) is 9.38. The molecule has 0 bridgehead atoms. The van der Waals surface area contributed by atoms with Crippen LogP contribution < -0.4 is 10.1 Å². The van der Waals surface area contributed by atoms with Gasteiger partial charge in [0.25, 0.3) is 5.91 Å². The van der Waals surface area contributed by atoms with Gasteiger partial charge in [-0.05, 0) is 52.7 Å². The van der Waals surface area contributed by atoms with E-state index in [-0.39, 0.29) is 32.1 Å². The summed E-state index contributed by atoms with van der Waals surface area (Å²) in [4.78, 5) is 24.4. The first-order valence-electron chi connectivity index (χ1n) is 8.54. The molecule has 0 aromatic heterocycles. The van der Waals surface area contributed by atoms with E-state index in [2.05, 4.69) is 21.2 Å². The van der Waals surface area contributed by atoms with Gasteiger partial charge >= 0.3 is 5.97 Å². The highest BCUT2D eigenvalue weighted by Crippen LogP contribution is 2.35. The van der Waals surface area contributed by atoms with Crippen molar-refractivity contribution in [1.82, 2.24) is 4.31 Å². The summed E-state index contributed by atoms with van der Waals surface area (Å²) in [6.07, 6.45) is 0. The van der Waals surface area contributed by atoms with Gasteiger partial charge in [0.15, 0.2) is 18.1 Å². The molecule has 2 rings (SSSR count). The number of esters is 1. The lowest BCUT2D eigenvalue weighted by Gasteiger charge is -2.15. The number of carbonyl (C=O) groups is 2. The van der Waals surface area contributed by atoms with E-state index in [1.165, 1.54) is 39.4 Å². The normalized spacial score (nSPS) is 11.3. The number of benzene rings is 2. The Hall–Kier alpha value is -2.63. The SMILES string of the molecule is COc1cc(C(=O)OCC(=O)Nc2ccc(C)c(S(=O)(=O)N(C)C)c2)cc(Br)c1O. The molecule has 0 aliphatic carbocycles. The molecule has 0 spiro atoms. The minimum Gasteiger partial charge on any atom is -0.503 e. The second kappa shape index (κ2) is 9.45. The molecule has 0 saturated carbocycles. The van der Waals surface area contributed by atoms with Crippen molar-refractivity contribution >= 4 is 43.5 Å². The Labute approximate surface area is 182 Å². The molecule has 0 unspecified atom stereocenters. The van der Waals surface area contributed by atoms with Crippen LogP contribution in [0.4, 0.5) is 5.69 Å². The summed E-state index contributed by atoms with van der Waals surface area (Å²) < 4.78 is 36.0. The number of hydrogen-bond acceptors (Lipinski definition) is 7. The molecule has 9 nitrogen and oxygen atoms in total. The topological polar surface area (TPSA) is 122 Å². The lowest BCUT2D eigenvalue weighted by Crippen LogP contribution is -2.24. The average Bonchev–Trinajstić information content (AvgIpc) is 2.69. The number of hydrogen-bond donors (Lipinski definition) is 2. The van der Waals surface area contributed by atoms with Crippen molar-refractivity contribution in [3.05, 3.63) is 45.9 Å². The Kier molecular flexibility index (Phi) is 7.45. The van der Waals surface area contributed by atoms with E-state index >= 15 is 0 Å². The molecule has 11 heteroatoms. The monoisotopic (exact) mass is 500 g/mol. The molecule has 162 valence electrons. The highest BCUT2D eigenvalue weighted by atomic mass is 79.9. The maximum atomic E-state index is 12.4. The molecular weight excluding hydrogens is 480 g/mol. The van der Waals surface area contributed by atoms with Crippen LogP contribution >= 0.6 is 15.9 Å². The lowest BCUT2D eigenvalue weighted by atomic mass is 10.2. The molecule has 0 saturated heterocycles. The first-order valence-corrected chi connectivity index (χ1v) is 10.8. The third kappa shape index (κ3) is 5.29. The fourth-order valence-corrected chi connectivity index (χ4v) is 4.00. The van der Waals surface area contributed by atoms with Crippen LogP contribution in [0.1, 0.15) is 15.9 Å². The van der Waals surface area contributed by atoms with E-state index in [0.29, 0.717) is 5.56 Å². The van der Waals surface area contributed by atoms with Gasteiger partial charge in [-0.3, -0.25) is 4.79 Å². The number of anilines is 1. The van der Waals surface area contributed by atoms with Crippen LogP contribution in [-0.2, 0) is 19.6 Å². The maximum absolute atomic E-state index is 12.4. The number of nitrogens with zero attached hydrogens (tertiary/aromatic N) is 1. The molecule has 0 aliphatic rings. The smallest absolute Gasteiger partial charge is 0.338 e. The van der Waals surface area contributed by atoms with Gasteiger partial charge in [0.05, 0.1) is 22.0 Å². The predicted molar refractivity (Wildman–Crippen MR) is 113 cm³/mol. The summed E-state index contributed by atoms with van der Waals surface area (Å²) in [5, 5.41) is 12.3. The van der Waals surface area contributed by atoms with Gasteiger partial charge in [-0.15, -0.1) is 0 Å². The van der Waals surface area contributed by atoms with Crippen LogP contribution in [0.25, 0.3) is 0 Å². The number of aromatic hydroxyl groups is 1. The van der Waals surface area contributed by atoms with Gasteiger partial charge in [-0.2, -0.15) is 0 Å². The predicted octanol–water partition coefficient (Wildman–Crippen LogP) is 2.52. The highest BCUT2D eigenvalue weighted by molar-refractivity contribution is 9.10. The van der Waals surface area contributed by atoms with Crippen molar-refractivity contribution in [2.45, 2.75) is 11.8 Å². The fourth-order valence-electron chi connectivity index (χ4n) is 2.41. The van der Waals surface area contributed by atoms with Gasteiger partial charge in [-0.25, -0.2) is 17.5 Å². The third-order valence-electron chi connectivity index (χ3n) is 4.05. The Morgan fingerprint density at radius 3 is 2.47 bits per heavy atom. The number of carbonyl (C=O) groups excluding carboxylic acids is 2. The van der Waals surface area contributed by atoms with E-state index in [1.807, 2.05) is 0 Å². The lowest BCUT2D eigenvalue weighted by molar-refractivity contribution is -0.119. The first kappa shape index (κ1) is 23.6. The minimum absolute atomic E-state index is 0.0586. The van der Waals surface area contributed by atoms with E-state index in [1.54, 1.807) is 19.1 Å². The van der Waals surface area contributed by atoms with Crippen LogP contribution in [0.5, 0.6) is 11.5 Å². The molecule has 0 heterocycles. The quantitative estimate of drug-likeness (QED) is 0.559. The number of methoxy groups -OCH3 is 1. The van der Waals surface area contributed by atoms with E-state index in [0.717, 1.165) is 4.31 Å². The van der Waals surface area contributed by atoms with Crippen LogP contribution in [0.2, 0.25) is 0 Å². The first-order chi connectivity index (χ1) is 14.0. The molecular formula is C19H21BrN2O7S. The van der Waals surface area contributed by atoms with E-state index < -0.39 is 28.5 Å². The van der Waals surface area contributed by atoms with Gasteiger partial charge in [0.2, 0.25) is 10.0 Å². The summed E-state index contributed by atoms with van der Waals surface area (Å²) in [5.41, 5.74) is 0.843. The summed E-state index contributed by atoms with van der Waals surface area (Å²) >= 11 is 3.10. The summed E-state index contributed by atoms with van der Waals surface area (Å²) in [6.45, 7) is 1.05. The van der Waals surface area contributed by atoms with E-state index in [9.17, 15) is 23.1 Å². The summed E-state index contributed by atoms with van der Waals surface area (Å²) in [5.74, 6) is -1.56. The molecule has 0 atom stereocenters. The van der Waals surface area contributed by atoms with E-state index in [4.69, 9.17) is 9.47 Å². The number of halogens is 1. The highest BCUT2D eigenvalue weighted by Gasteiger charge is 2.21. The Morgan fingerprint density at radius 1 is 1.20 bits per heavy atom. The number of nitrogens with one attached hydrogen (secondary N) is 1. The van der Waals surface area contributed by atoms with Crippen molar-refractivity contribution in [1.29, 1.82) is 0 Å². The zero-order valence-corrected chi connectivity index (χ0v) is 19.1. The van der Waals surface area contributed by atoms with Crippen molar-refractivity contribution in [3.8, 4) is 11.5 Å². The number of phenols is 1. The molecule has 1 amide bonds. The number of aryl methyl sites for hydroxylation is 1. The van der Waals surface area contributed by atoms with Gasteiger partial charge in [0, 0.05) is 19.8 Å². The molecule has 0 radical (unpaired) electrons. The number of ether oxygens (including phenoxy) is 2. The Morgan fingerprint density at radius 2 is 1.87 bits per heavy atom. The van der Waals surface area contributed by atoms with Crippen molar-refractivity contribution in [2.75, 3.05) is 33.1 Å². The zero-order chi connectivity index (χ0) is 22.6. The molecule has 0 aliphatic heterocycles. The largest absolute Gasteiger partial charge is 0.503 e. The van der Waals surface area contributed by atoms with Crippen molar-refractivity contribution in [3.63, 3.8) is 0 Å². The van der Waals surface area contributed by atoms with Crippen LogP contribution in [0.3, 0.4) is 0 Å². The zero-order valence-electron chi connectivity index (χ0n) is 16.7. The summed E-state index contributed by atoms with van der Waals surface area (Å²) in [7, 11) is 0.474. The maximum Gasteiger partial charge on any atom is 0.338 e. The number of phenolic OH excluding ortho intramolecular Hbond substituents is 1. The standard InChI is InChI=1S/C19H21BrN2O7S/c1-11-5-6-13(9-16(11)30(26,27)22(2)3)21-17(23)10-29-19(25)12-7-14(20)18(24)15(8-12)28-4/h5-9,24H,10H2,1-4H3,(H,21,23). The summed E-state index contributed by atoms with van der Waals surface area (Å²) in [6, 6.07) is 7.06. The number of rotatable bonds is 7. The molecule has 2 N–H and O–H groups in total. The molecule has 30 heavy (non-hydrogen) atoms. The average molecular weight is 501 g/mol. The Balaban J connectivity index is 2.09. The second-order valence-electron chi connectivity index (χ2n) is 6.40. The number of amides is 1. The van der Waals surface area contributed by atoms with Gasteiger partial charge in [-0.1, -0.05) is 6.07 Å².